The molecule has 2 rings (SSSR count). The van der Waals surface area contributed by atoms with Crippen molar-refractivity contribution in [2.24, 2.45) is 0 Å². The smallest absolute Gasteiger partial charge is 0.239 e. The van der Waals surface area contributed by atoms with Gasteiger partial charge < -0.3 is 10.6 Å². The fraction of sp³-hybridized carbons (Fsp3) is 0.462. The summed E-state index contributed by atoms with van der Waals surface area (Å²) < 4.78 is 1.87. The number of hydrogen-bond donors (Lipinski definition) is 2. The molecule has 0 aliphatic rings. The average Bonchev–Trinajstić information content (AvgIpc) is 2.84. The van der Waals surface area contributed by atoms with Crippen molar-refractivity contribution in [2.45, 2.75) is 32.7 Å². The zero-order valence-corrected chi connectivity index (χ0v) is 12.6. The molecule has 2 heterocycles. The maximum atomic E-state index is 11.7. The van der Waals surface area contributed by atoms with Gasteiger partial charge >= 0.3 is 0 Å². The first-order valence-electron chi connectivity index (χ1n) is 6.32. The Bertz CT molecular complexity index is 595. The Morgan fingerprint density at radius 2 is 2.10 bits per heavy atom. The number of imidazole rings is 1. The molecule has 0 saturated heterocycles. The molecule has 0 unspecified atom stereocenters. The second kappa shape index (κ2) is 5.62. The Kier molecular flexibility index (Phi) is 4.08. The van der Waals surface area contributed by atoms with Crippen molar-refractivity contribution >= 4 is 28.1 Å². The molecule has 0 aliphatic carbocycles. The lowest BCUT2D eigenvalue weighted by atomic mass is 10.1. The van der Waals surface area contributed by atoms with Gasteiger partial charge in [-0.05, 0) is 20.8 Å². The van der Waals surface area contributed by atoms with E-state index in [1.165, 1.54) is 11.3 Å². The summed E-state index contributed by atoms with van der Waals surface area (Å²) in [6.07, 6.45) is 3.89. The number of rotatable bonds is 4. The van der Waals surface area contributed by atoms with Gasteiger partial charge in [-0.1, -0.05) is 0 Å². The molecule has 7 heteroatoms. The lowest BCUT2D eigenvalue weighted by Gasteiger charge is -2.20. The van der Waals surface area contributed by atoms with Crippen LogP contribution in [0.2, 0.25) is 0 Å². The summed E-state index contributed by atoms with van der Waals surface area (Å²) in [6.45, 7) is 5.66. The van der Waals surface area contributed by atoms with E-state index in [4.69, 9.17) is 0 Å². The molecular weight excluding hydrogens is 276 g/mol. The fourth-order valence-corrected chi connectivity index (χ4v) is 2.45. The highest BCUT2D eigenvalue weighted by Gasteiger charge is 2.14. The van der Waals surface area contributed by atoms with Gasteiger partial charge in [0.1, 0.15) is 0 Å². The van der Waals surface area contributed by atoms with Gasteiger partial charge in [0.25, 0.3) is 0 Å². The summed E-state index contributed by atoms with van der Waals surface area (Å²) in [4.78, 5) is 28.5. The first-order valence-corrected chi connectivity index (χ1v) is 7.20. The summed E-state index contributed by atoms with van der Waals surface area (Å²) >= 11 is 1.52. The second-order valence-corrected chi connectivity index (χ2v) is 6.45. The summed E-state index contributed by atoms with van der Waals surface area (Å²) in [5.74, 6) is -0.406. The van der Waals surface area contributed by atoms with E-state index < -0.39 is 0 Å². The quantitative estimate of drug-likeness (QED) is 0.882. The van der Waals surface area contributed by atoms with Gasteiger partial charge in [-0.15, -0.1) is 11.3 Å². The normalized spacial score (nSPS) is 11.6. The van der Waals surface area contributed by atoms with Gasteiger partial charge in [0, 0.05) is 23.3 Å². The monoisotopic (exact) mass is 294 g/mol. The lowest BCUT2D eigenvalue weighted by molar-refractivity contribution is -0.126. The molecule has 0 radical (unpaired) electrons. The van der Waals surface area contributed by atoms with E-state index in [2.05, 4.69) is 15.6 Å². The molecule has 20 heavy (non-hydrogen) atoms. The number of aromatic nitrogens is 2. The molecule has 0 saturated carbocycles. The Hall–Kier alpha value is -1.89. The zero-order chi connectivity index (χ0) is 14.8. The van der Waals surface area contributed by atoms with E-state index in [1.807, 2.05) is 42.9 Å². The average molecular weight is 294 g/mol. The third-order valence-electron chi connectivity index (χ3n) is 2.45. The lowest BCUT2D eigenvalue weighted by Crippen LogP contribution is -2.46. The van der Waals surface area contributed by atoms with Gasteiger partial charge in [-0.2, -0.15) is 0 Å². The van der Waals surface area contributed by atoms with Gasteiger partial charge in [0.05, 0.1) is 18.7 Å². The maximum absolute atomic E-state index is 11.7. The molecule has 0 spiro atoms. The van der Waals surface area contributed by atoms with Crippen LogP contribution in [0.1, 0.15) is 26.5 Å². The number of nitrogens with zero attached hydrogens (tertiary/aromatic N) is 2. The van der Waals surface area contributed by atoms with Crippen LogP contribution in [-0.2, 0) is 16.0 Å². The Morgan fingerprint density at radius 1 is 1.35 bits per heavy atom. The van der Waals surface area contributed by atoms with Crippen molar-refractivity contribution in [1.29, 1.82) is 0 Å². The number of carbonyl (C=O) groups is 2. The highest BCUT2D eigenvalue weighted by atomic mass is 32.1. The van der Waals surface area contributed by atoms with Crippen molar-refractivity contribution in [1.82, 2.24) is 20.0 Å². The number of carbonyl (C=O) groups excluding carboxylic acids is 2. The van der Waals surface area contributed by atoms with Gasteiger partial charge in [-0.25, -0.2) is 4.98 Å². The van der Waals surface area contributed by atoms with Crippen LogP contribution in [0.4, 0.5) is 0 Å². The van der Waals surface area contributed by atoms with Crippen LogP contribution < -0.4 is 10.6 Å². The van der Waals surface area contributed by atoms with Crippen LogP contribution in [0.15, 0.2) is 17.8 Å². The molecule has 0 aliphatic heterocycles. The van der Waals surface area contributed by atoms with E-state index >= 15 is 0 Å². The third kappa shape index (κ3) is 4.06. The van der Waals surface area contributed by atoms with Crippen molar-refractivity contribution in [3.05, 3.63) is 23.5 Å². The van der Waals surface area contributed by atoms with Gasteiger partial charge in [0.2, 0.25) is 11.8 Å². The van der Waals surface area contributed by atoms with Crippen LogP contribution >= 0.6 is 11.3 Å². The predicted octanol–water partition coefficient (Wildman–Crippen LogP) is 0.969. The molecular formula is C13H18N4O2S. The fourth-order valence-electron chi connectivity index (χ4n) is 1.73. The molecule has 0 aromatic carbocycles. The zero-order valence-electron chi connectivity index (χ0n) is 11.8. The minimum atomic E-state index is -0.296. The summed E-state index contributed by atoms with van der Waals surface area (Å²) in [6, 6.07) is 0. The number of hydrogen-bond acceptors (Lipinski definition) is 4. The first kappa shape index (κ1) is 14.5. The minimum absolute atomic E-state index is 0.0156. The van der Waals surface area contributed by atoms with Crippen LogP contribution in [0.3, 0.4) is 0 Å². The van der Waals surface area contributed by atoms with Crippen molar-refractivity contribution < 1.29 is 9.59 Å². The SMILES string of the molecule is CC(C)(C)NC(=O)CNC(=O)Cc1cn2ccsc2n1. The first-order chi connectivity index (χ1) is 9.33. The molecule has 2 N–H and O–H groups in total. The largest absolute Gasteiger partial charge is 0.350 e. The summed E-state index contributed by atoms with van der Waals surface area (Å²) in [5, 5.41) is 7.31. The van der Waals surface area contributed by atoms with E-state index in [0.29, 0.717) is 5.69 Å². The van der Waals surface area contributed by atoms with E-state index in [0.717, 1.165) is 4.96 Å². The minimum Gasteiger partial charge on any atom is -0.350 e. The Labute approximate surface area is 121 Å². The van der Waals surface area contributed by atoms with Crippen molar-refractivity contribution in [3.63, 3.8) is 0 Å². The molecule has 0 fully saturated rings. The number of fused-ring (bicyclic) bond motifs is 1. The van der Waals surface area contributed by atoms with E-state index in [-0.39, 0.29) is 30.3 Å². The van der Waals surface area contributed by atoms with E-state index in [9.17, 15) is 9.59 Å². The maximum Gasteiger partial charge on any atom is 0.239 e. The standard InChI is InChI=1S/C13H18N4O2S/c1-13(2,3)16-11(19)7-14-10(18)6-9-8-17-4-5-20-12(17)15-9/h4-5,8H,6-7H2,1-3H3,(H,14,18)(H,16,19). The molecule has 108 valence electrons. The highest BCUT2D eigenvalue weighted by Crippen LogP contribution is 2.11. The van der Waals surface area contributed by atoms with Gasteiger partial charge in [0.15, 0.2) is 4.96 Å². The van der Waals surface area contributed by atoms with Crippen LogP contribution in [0.5, 0.6) is 0 Å². The molecule has 0 atom stereocenters. The summed E-state index contributed by atoms with van der Waals surface area (Å²) in [7, 11) is 0. The van der Waals surface area contributed by atoms with Gasteiger partial charge in [-0.3, -0.25) is 14.0 Å². The third-order valence-corrected chi connectivity index (χ3v) is 3.22. The number of amides is 2. The molecule has 0 bridgehead atoms. The van der Waals surface area contributed by atoms with Crippen molar-refractivity contribution in [2.75, 3.05) is 6.54 Å². The Morgan fingerprint density at radius 3 is 2.75 bits per heavy atom. The van der Waals surface area contributed by atoms with E-state index in [1.54, 1.807) is 0 Å². The second-order valence-electron chi connectivity index (χ2n) is 5.58. The highest BCUT2D eigenvalue weighted by molar-refractivity contribution is 7.15. The molecule has 2 aromatic rings. The number of thiazole rings is 1. The Balaban J connectivity index is 1.81. The number of nitrogens with one attached hydrogen (secondary N) is 2. The predicted molar refractivity (Wildman–Crippen MR) is 77.7 cm³/mol. The molecule has 2 aromatic heterocycles. The summed E-state index contributed by atoms with van der Waals surface area (Å²) in [5.41, 5.74) is 0.404. The van der Waals surface area contributed by atoms with Crippen LogP contribution in [0, 0.1) is 0 Å². The van der Waals surface area contributed by atoms with Crippen LogP contribution in [-0.4, -0.2) is 33.3 Å². The molecule has 2 amide bonds. The molecule has 6 nitrogen and oxygen atoms in total. The topological polar surface area (TPSA) is 75.5 Å². The van der Waals surface area contributed by atoms with Crippen molar-refractivity contribution in [3.8, 4) is 0 Å². The van der Waals surface area contributed by atoms with Crippen LogP contribution in [0.25, 0.3) is 4.96 Å².